The predicted octanol–water partition coefficient (Wildman–Crippen LogP) is 3.63. The van der Waals surface area contributed by atoms with Gasteiger partial charge in [-0.1, -0.05) is 41.9 Å². The molecule has 1 saturated heterocycles. The van der Waals surface area contributed by atoms with Crippen LogP contribution in [0.15, 0.2) is 48.5 Å². The van der Waals surface area contributed by atoms with E-state index < -0.39 is 0 Å². The van der Waals surface area contributed by atoms with Crippen LogP contribution in [-0.4, -0.2) is 62.3 Å². The molecule has 2 amide bonds. The molecular formula is C21H24ClN3O2. The molecule has 6 heteroatoms. The van der Waals surface area contributed by atoms with Crippen LogP contribution in [0, 0.1) is 0 Å². The smallest absolute Gasteiger partial charge is 0.325 e. The number of rotatable bonds is 4. The van der Waals surface area contributed by atoms with Crippen LogP contribution in [0.4, 0.5) is 10.5 Å². The highest BCUT2D eigenvalue weighted by molar-refractivity contribution is 6.30. The van der Waals surface area contributed by atoms with E-state index in [-0.39, 0.29) is 12.1 Å². The Morgan fingerprint density at radius 1 is 1.07 bits per heavy atom. The normalized spacial score (nSPS) is 20.7. The van der Waals surface area contributed by atoms with Crippen molar-refractivity contribution in [1.82, 2.24) is 9.80 Å². The quantitative estimate of drug-likeness (QED) is 0.806. The second-order valence-electron chi connectivity index (χ2n) is 7.01. The number of hydrogen-bond donors (Lipinski definition) is 0. The van der Waals surface area contributed by atoms with Crippen molar-refractivity contribution >= 4 is 23.3 Å². The Balaban J connectivity index is 1.69. The number of halogens is 1. The van der Waals surface area contributed by atoms with Crippen LogP contribution in [0.2, 0.25) is 5.02 Å². The van der Waals surface area contributed by atoms with E-state index in [1.165, 1.54) is 0 Å². The van der Waals surface area contributed by atoms with E-state index in [1.54, 1.807) is 4.90 Å². The maximum Gasteiger partial charge on any atom is 0.325 e. The second kappa shape index (κ2) is 7.89. The van der Waals surface area contributed by atoms with Crippen molar-refractivity contribution in [3.05, 3.63) is 64.7 Å². The summed E-state index contributed by atoms with van der Waals surface area (Å²) in [5.74, 6) is 0. The van der Waals surface area contributed by atoms with Crippen LogP contribution >= 0.6 is 11.6 Å². The lowest BCUT2D eigenvalue weighted by Crippen LogP contribution is -2.51. The fourth-order valence-electron chi connectivity index (χ4n) is 3.92. The van der Waals surface area contributed by atoms with Gasteiger partial charge in [0.25, 0.3) is 0 Å². The highest BCUT2D eigenvalue weighted by Crippen LogP contribution is 2.41. The summed E-state index contributed by atoms with van der Waals surface area (Å²) in [5.41, 5.74) is 3.09. The van der Waals surface area contributed by atoms with Gasteiger partial charge < -0.3 is 9.64 Å². The lowest BCUT2D eigenvalue weighted by molar-refractivity contribution is 0.0339. The summed E-state index contributed by atoms with van der Waals surface area (Å²) in [7, 11) is 1.83. The standard InChI is InChI=1S/C21H24ClN3O2/c1-23-19-8-7-17(22)15-18(19)20(16-5-3-2-4-6-16)25(21(23)26)10-9-24-11-13-27-14-12-24/h2-8,15,20H,9-14H2,1H3. The molecule has 2 heterocycles. The molecule has 2 aromatic rings. The summed E-state index contributed by atoms with van der Waals surface area (Å²) in [5, 5.41) is 0.686. The van der Waals surface area contributed by atoms with E-state index >= 15 is 0 Å². The van der Waals surface area contributed by atoms with Gasteiger partial charge in [-0.05, 0) is 23.8 Å². The van der Waals surface area contributed by atoms with Gasteiger partial charge in [-0.25, -0.2) is 4.79 Å². The summed E-state index contributed by atoms with van der Waals surface area (Å²) >= 11 is 6.32. The number of urea groups is 1. The maximum atomic E-state index is 13.2. The molecule has 142 valence electrons. The molecule has 0 aliphatic carbocycles. The minimum Gasteiger partial charge on any atom is -0.379 e. The van der Waals surface area contributed by atoms with Gasteiger partial charge in [-0.15, -0.1) is 0 Å². The molecule has 1 atom stereocenters. The van der Waals surface area contributed by atoms with Gasteiger partial charge in [0.15, 0.2) is 0 Å². The largest absolute Gasteiger partial charge is 0.379 e. The van der Waals surface area contributed by atoms with Gasteiger partial charge >= 0.3 is 6.03 Å². The minimum absolute atomic E-state index is 0.0203. The lowest BCUT2D eigenvalue weighted by atomic mass is 9.93. The highest BCUT2D eigenvalue weighted by atomic mass is 35.5. The third-order valence-electron chi connectivity index (χ3n) is 5.37. The lowest BCUT2D eigenvalue weighted by Gasteiger charge is -2.42. The van der Waals surface area contributed by atoms with E-state index in [1.807, 2.05) is 48.3 Å². The maximum absolute atomic E-state index is 13.2. The fourth-order valence-corrected chi connectivity index (χ4v) is 4.10. The molecule has 0 bridgehead atoms. The molecule has 27 heavy (non-hydrogen) atoms. The van der Waals surface area contributed by atoms with Crippen molar-refractivity contribution in [1.29, 1.82) is 0 Å². The first-order valence-electron chi connectivity index (χ1n) is 9.34. The number of amides is 2. The fraction of sp³-hybridized carbons (Fsp3) is 0.381. The average Bonchev–Trinajstić information content (AvgIpc) is 2.71. The zero-order chi connectivity index (χ0) is 18.8. The highest BCUT2D eigenvalue weighted by Gasteiger charge is 2.37. The van der Waals surface area contributed by atoms with Crippen molar-refractivity contribution < 1.29 is 9.53 Å². The number of anilines is 1. The molecule has 2 aliphatic rings. The molecule has 0 N–H and O–H groups in total. The Labute approximate surface area is 165 Å². The molecule has 0 radical (unpaired) electrons. The molecule has 0 spiro atoms. The zero-order valence-corrected chi connectivity index (χ0v) is 16.2. The Morgan fingerprint density at radius 2 is 1.81 bits per heavy atom. The summed E-state index contributed by atoms with van der Waals surface area (Å²) in [6, 6.07) is 15.8. The molecule has 1 fully saturated rings. The summed E-state index contributed by atoms with van der Waals surface area (Å²) in [6.45, 7) is 4.84. The predicted molar refractivity (Wildman–Crippen MR) is 108 cm³/mol. The number of hydrogen-bond acceptors (Lipinski definition) is 3. The first-order chi connectivity index (χ1) is 13.1. The Bertz CT molecular complexity index is 808. The van der Waals surface area contributed by atoms with Crippen molar-refractivity contribution in [3.63, 3.8) is 0 Å². The third kappa shape index (κ3) is 3.68. The monoisotopic (exact) mass is 385 g/mol. The topological polar surface area (TPSA) is 36.0 Å². The first-order valence-corrected chi connectivity index (χ1v) is 9.72. The summed E-state index contributed by atoms with van der Waals surface area (Å²) in [4.78, 5) is 19.2. The molecule has 4 rings (SSSR count). The molecule has 2 aromatic carbocycles. The second-order valence-corrected chi connectivity index (χ2v) is 7.44. The zero-order valence-electron chi connectivity index (χ0n) is 15.5. The summed E-state index contributed by atoms with van der Waals surface area (Å²) in [6.07, 6.45) is 0. The number of carbonyl (C=O) groups is 1. The minimum atomic E-state index is -0.135. The van der Waals surface area contributed by atoms with Crippen LogP contribution in [0.5, 0.6) is 0 Å². The van der Waals surface area contributed by atoms with Gasteiger partial charge in [0, 0.05) is 43.8 Å². The van der Waals surface area contributed by atoms with Gasteiger partial charge in [0.05, 0.1) is 24.9 Å². The number of morpholine rings is 1. The van der Waals surface area contributed by atoms with Crippen LogP contribution in [-0.2, 0) is 4.74 Å². The molecule has 1 unspecified atom stereocenters. The number of benzene rings is 2. The van der Waals surface area contributed by atoms with Gasteiger partial charge in [-0.3, -0.25) is 9.80 Å². The third-order valence-corrected chi connectivity index (χ3v) is 5.60. The van der Waals surface area contributed by atoms with E-state index in [4.69, 9.17) is 16.3 Å². The molecule has 2 aliphatic heterocycles. The Morgan fingerprint density at radius 3 is 2.56 bits per heavy atom. The van der Waals surface area contributed by atoms with Gasteiger partial charge in [-0.2, -0.15) is 0 Å². The van der Waals surface area contributed by atoms with E-state index in [2.05, 4.69) is 17.0 Å². The number of fused-ring (bicyclic) bond motifs is 1. The molecule has 5 nitrogen and oxygen atoms in total. The van der Waals surface area contributed by atoms with Crippen LogP contribution in [0.25, 0.3) is 0 Å². The van der Waals surface area contributed by atoms with E-state index in [0.717, 1.165) is 49.7 Å². The van der Waals surface area contributed by atoms with E-state index in [0.29, 0.717) is 11.6 Å². The Kier molecular flexibility index (Phi) is 5.34. The first kappa shape index (κ1) is 18.3. The van der Waals surface area contributed by atoms with Crippen LogP contribution in [0.3, 0.4) is 0 Å². The number of carbonyl (C=O) groups excluding carboxylic acids is 1. The molecule has 0 aromatic heterocycles. The van der Waals surface area contributed by atoms with Crippen molar-refractivity contribution in [2.24, 2.45) is 0 Å². The van der Waals surface area contributed by atoms with Crippen molar-refractivity contribution in [2.45, 2.75) is 6.04 Å². The number of ether oxygens (including phenoxy) is 1. The van der Waals surface area contributed by atoms with Crippen LogP contribution < -0.4 is 4.90 Å². The SMILES string of the molecule is CN1C(=O)N(CCN2CCOCC2)C(c2ccccc2)c2cc(Cl)ccc21. The molecular weight excluding hydrogens is 362 g/mol. The van der Waals surface area contributed by atoms with Crippen LogP contribution in [0.1, 0.15) is 17.2 Å². The summed E-state index contributed by atoms with van der Waals surface area (Å²) < 4.78 is 5.43. The van der Waals surface area contributed by atoms with Crippen molar-refractivity contribution in [3.8, 4) is 0 Å². The van der Waals surface area contributed by atoms with Gasteiger partial charge in [0.2, 0.25) is 0 Å². The van der Waals surface area contributed by atoms with Gasteiger partial charge in [0.1, 0.15) is 0 Å². The number of nitrogens with zero attached hydrogens (tertiary/aromatic N) is 3. The molecule has 0 saturated carbocycles. The van der Waals surface area contributed by atoms with E-state index in [9.17, 15) is 4.79 Å². The Hall–Kier alpha value is -2.08. The van der Waals surface area contributed by atoms with Crippen molar-refractivity contribution in [2.75, 3.05) is 51.3 Å². The average molecular weight is 386 g/mol.